The normalized spacial score (nSPS) is 26.0. The molecule has 116 valence electrons. The molecule has 2 aliphatic rings. The molecule has 0 saturated carbocycles. The fourth-order valence-corrected chi connectivity index (χ4v) is 2.67. The molecule has 1 unspecified atom stereocenters. The summed E-state index contributed by atoms with van der Waals surface area (Å²) >= 11 is 0. The minimum absolute atomic E-state index is 0.197. The van der Waals surface area contributed by atoms with Gasteiger partial charge < -0.3 is 25.8 Å². The van der Waals surface area contributed by atoms with Crippen LogP contribution in [0.2, 0.25) is 0 Å². The van der Waals surface area contributed by atoms with Crippen LogP contribution in [0.1, 0.15) is 25.7 Å². The van der Waals surface area contributed by atoms with Gasteiger partial charge in [0.15, 0.2) is 0 Å². The quantitative estimate of drug-likeness (QED) is 0.712. The number of nitrogens with zero attached hydrogens (tertiary/aromatic N) is 4. The van der Waals surface area contributed by atoms with Gasteiger partial charge in [-0.25, -0.2) is 0 Å². The maximum atomic E-state index is 10.2. The molecule has 3 heterocycles. The van der Waals surface area contributed by atoms with E-state index < -0.39 is 5.60 Å². The number of nitrogens with two attached hydrogens (primary N) is 1. The van der Waals surface area contributed by atoms with Gasteiger partial charge in [0.05, 0.1) is 6.61 Å². The van der Waals surface area contributed by atoms with Crippen molar-refractivity contribution in [2.24, 2.45) is 0 Å². The molecule has 0 aromatic carbocycles. The zero-order chi connectivity index (χ0) is 14.7. The Morgan fingerprint density at radius 1 is 1.24 bits per heavy atom. The van der Waals surface area contributed by atoms with Crippen LogP contribution in [0.4, 0.5) is 17.8 Å². The third-order valence-electron chi connectivity index (χ3n) is 3.94. The molecule has 0 aliphatic carbocycles. The molecule has 1 aromatic rings. The van der Waals surface area contributed by atoms with Crippen LogP contribution in [0.25, 0.3) is 0 Å². The Kier molecular flexibility index (Phi) is 4.07. The maximum Gasteiger partial charge on any atom is 0.231 e. The second kappa shape index (κ2) is 5.98. The molecule has 2 aliphatic heterocycles. The molecule has 0 radical (unpaired) electrons. The molecule has 4 N–H and O–H groups in total. The number of hydrogen-bond donors (Lipinski definition) is 3. The third kappa shape index (κ3) is 3.51. The van der Waals surface area contributed by atoms with Gasteiger partial charge in [-0.3, -0.25) is 0 Å². The van der Waals surface area contributed by atoms with E-state index in [9.17, 15) is 5.11 Å². The van der Waals surface area contributed by atoms with E-state index in [1.807, 2.05) is 0 Å². The second-order valence-electron chi connectivity index (χ2n) is 5.75. The summed E-state index contributed by atoms with van der Waals surface area (Å²) in [5.74, 6) is 1.21. The van der Waals surface area contributed by atoms with Crippen molar-refractivity contribution < 1.29 is 9.84 Å². The molecule has 21 heavy (non-hydrogen) atoms. The predicted molar refractivity (Wildman–Crippen MR) is 79.2 cm³/mol. The van der Waals surface area contributed by atoms with E-state index in [0.29, 0.717) is 38.1 Å². The number of aromatic nitrogens is 3. The highest BCUT2D eigenvalue weighted by Crippen LogP contribution is 2.20. The summed E-state index contributed by atoms with van der Waals surface area (Å²) < 4.78 is 5.22. The first-order valence-corrected chi connectivity index (χ1v) is 7.45. The number of anilines is 3. The van der Waals surface area contributed by atoms with Gasteiger partial charge in [0.25, 0.3) is 0 Å². The van der Waals surface area contributed by atoms with Crippen LogP contribution >= 0.6 is 0 Å². The Balaban J connectivity index is 1.68. The fourth-order valence-electron chi connectivity index (χ4n) is 2.67. The Morgan fingerprint density at radius 3 is 2.76 bits per heavy atom. The van der Waals surface area contributed by atoms with Crippen LogP contribution in [0, 0.1) is 0 Å². The molecular formula is C13H22N6O2. The lowest BCUT2D eigenvalue weighted by Crippen LogP contribution is -2.38. The van der Waals surface area contributed by atoms with Gasteiger partial charge in [0, 0.05) is 32.7 Å². The summed E-state index contributed by atoms with van der Waals surface area (Å²) in [6.45, 7) is 3.15. The highest BCUT2D eigenvalue weighted by atomic mass is 16.5. The average molecular weight is 294 g/mol. The van der Waals surface area contributed by atoms with E-state index in [4.69, 9.17) is 10.5 Å². The largest absolute Gasteiger partial charge is 0.386 e. The van der Waals surface area contributed by atoms with Crippen molar-refractivity contribution in [2.75, 3.05) is 48.8 Å². The van der Waals surface area contributed by atoms with Gasteiger partial charge in [-0.05, 0) is 19.3 Å². The van der Waals surface area contributed by atoms with Crippen molar-refractivity contribution in [1.82, 2.24) is 15.0 Å². The Bertz CT molecular complexity index is 486. The van der Waals surface area contributed by atoms with E-state index in [0.717, 1.165) is 25.9 Å². The summed E-state index contributed by atoms with van der Waals surface area (Å²) in [6.07, 6.45) is 4.14. The van der Waals surface area contributed by atoms with Crippen molar-refractivity contribution in [3.05, 3.63) is 0 Å². The van der Waals surface area contributed by atoms with E-state index in [1.54, 1.807) is 0 Å². The van der Waals surface area contributed by atoms with E-state index in [2.05, 4.69) is 25.2 Å². The Morgan fingerprint density at radius 2 is 2.05 bits per heavy atom. The summed E-state index contributed by atoms with van der Waals surface area (Å²) in [7, 11) is 0. The molecule has 1 aromatic heterocycles. The van der Waals surface area contributed by atoms with Crippen molar-refractivity contribution in [2.45, 2.75) is 31.3 Å². The van der Waals surface area contributed by atoms with E-state index in [-0.39, 0.29) is 5.95 Å². The maximum absolute atomic E-state index is 10.2. The van der Waals surface area contributed by atoms with Gasteiger partial charge in [0.2, 0.25) is 17.8 Å². The third-order valence-corrected chi connectivity index (χ3v) is 3.94. The molecule has 3 rings (SSSR count). The van der Waals surface area contributed by atoms with Gasteiger partial charge in [-0.2, -0.15) is 15.0 Å². The van der Waals surface area contributed by atoms with Crippen LogP contribution in [-0.2, 0) is 4.74 Å². The molecule has 8 heteroatoms. The monoisotopic (exact) mass is 294 g/mol. The zero-order valence-electron chi connectivity index (χ0n) is 12.1. The first kappa shape index (κ1) is 14.3. The number of rotatable bonds is 4. The number of hydrogen-bond acceptors (Lipinski definition) is 8. The number of nitrogen functional groups attached to an aromatic ring is 1. The summed E-state index contributed by atoms with van der Waals surface area (Å²) in [6, 6.07) is 0. The highest BCUT2D eigenvalue weighted by molar-refractivity contribution is 5.42. The molecule has 2 fully saturated rings. The predicted octanol–water partition coefficient (Wildman–Crippen LogP) is 0.00740. The molecule has 0 bridgehead atoms. The first-order valence-electron chi connectivity index (χ1n) is 7.45. The van der Waals surface area contributed by atoms with Crippen LogP contribution in [0.3, 0.4) is 0 Å². The molecule has 1 atom stereocenters. The van der Waals surface area contributed by atoms with E-state index >= 15 is 0 Å². The van der Waals surface area contributed by atoms with Crippen molar-refractivity contribution in [1.29, 1.82) is 0 Å². The number of piperidine rings is 1. The molecule has 2 saturated heterocycles. The number of aliphatic hydroxyl groups is 1. The second-order valence-corrected chi connectivity index (χ2v) is 5.75. The molecule has 0 amide bonds. The van der Waals surface area contributed by atoms with E-state index in [1.165, 1.54) is 6.42 Å². The van der Waals surface area contributed by atoms with Crippen molar-refractivity contribution in [3.63, 3.8) is 0 Å². The smallest absolute Gasteiger partial charge is 0.231 e. The first-order chi connectivity index (χ1) is 10.1. The molecule has 8 nitrogen and oxygen atoms in total. The van der Waals surface area contributed by atoms with Crippen LogP contribution in [0.5, 0.6) is 0 Å². The van der Waals surface area contributed by atoms with Crippen LogP contribution < -0.4 is 16.0 Å². The lowest BCUT2D eigenvalue weighted by Gasteiger charge is -2.27. The van der Waals surface area contributed by atoms with Crippen LogP contribution in [-0.4, -0.2) is 58.5 Å². The SMILES string of the molecule is Nc1nc(NCC2(O)CCOC2)nc(N2CCCCC2)n1. The molecular weight excluding hydrogens is 272 g/mol. The average Bonchev–Trinajstić information content (AvgIpc) is 2.93. The van der Waals surface area contributed by atoms with Gasteiger partial charge >= 0.3 is 0 Å². The van der Waals surface area contributed by atoms with Crippen molar-refractivity contribution in [3.8, 4) is 0 Å². The van der Waals surface area contributed by atoms with Gasteiger partial charge in [0.1, 0.15) is 5.60 Å². The Labute approximate surface area is 123 Å². The number of nitrogens with one attached hydrogen (secondary N) is 1. The summed E-state index contributed by atoms with van der Waals surface area (Å²) in [5, 5.41) is 13.3. The zero-order valence-corrected chi connectivity index (χ0v) is 12.1. The summed E-state index contributed by atoms with van der Waals surface area (Å²) in [4.78, 5) is 14.8. The lowest BCUT2D eigenvalue weighted by atomic mass is 10.0. The molecule has 0 spiro atoms. The number of ether oxygens (including phenoxy) is 1. The minimum atomic E-state index is -0.854. The topological polar surface area (TPSA) is 109 Å². The van der Waals surface area contributed by atoms with Gasteiger partial charge in [-0.15, -0.1) is 0 Å². The van der Waals surface area contributed by atoms with Crippen molar-refractivity contribution >= 4 is 17.8 Å². The standard InChI is InChI=1S/C13H22N6O2/c14-10-16-11(15-8-13(20)4-7-21-9-13)18-12(17-10)19-5-2-1-3-6-19/h20H,1-9H2,(H3,14,15,16,17,18). The lowest BCUT2D eigenvalue weighted by molar-refractivity contribution is 0.0380. The Hall–Kier alpha value is -1.67. The minimum Gasteiger partial charge on any atom is -0.386 e. The summed E-state index contributed by atoms with van der Waals surface area (Å²) in [5.41, 5.74) is 4.91. The van der Waals surface area contributed by atoms with Gasteiger partial charge in [-0.1, -0.05) is 0 Å². The van der Waals surface area contributed by atoms with Crippen LogP contribution in [0.15, 0.2) is 0 Å². The highest BCUT2D eigenvalue weighted by Gasteiger charge is 2.32. The fraction of sp³-hybridized carbons (Fsp3) is 0.769.